The van der Waals surface area contributed by atoms with E-state index in [1.807, 2.05) is 6.20 Å². The van der Waals surface area contributed by atoms with Crippen LogP contribution >= 0.6 is 15.9 Å². The van der Waals surface area contributed by atoms with E-state index in [4.69, 9.17) is 0 Å². The van der Waals surface area contributed by atoms with Crippen LogP contribution in [0.25, 0.3) is 0 Å². The monoisotopic (exact) mass is 355 g/mol. The topological polar surface area (TPSA) is 29.9 Å². The summed E-state index contributed by atoms with van der Waals surface area (Å²) < 4.78 is 3.41. The van der Waals surface area contributed by atoms with Crippen molar-refractivity contribution in [1.82, 2.24) is 15.1 Å². The predicted molar refractivity (Wildman–Crippen MR) is 92.6 cm³/mol. The molecular weight excluding hydrogens is 326 g/mol. The van der Waals surface area contributed by atoms with Gasteiger partial charge in [-0.3, -0.25) is 4.68 Å². The third-order valence-electron chi connectivity index (χ3n) is 5.07. The Morgan fingerprint density at radius 3 is 2.62 bits per heavy atom. The van der Waals surface area contributed by atoms with E-state index in [2.05, 4.69) is 65.8 Å². The first kappa shape index (κ1) is 17.0. The van der Waals surface area contributed by atoms with Crippen LogP contribution in [0.2, 0.25) is 0 Å². The molecule has 1 saturated carbocycles. The van der Waals surface area contributed by atoms with Gasteiger partial charge in [-0.25, -0.2) is 0 Å². The van der Waals surface area contributed by atoms with Crippen molar-refractivity contribution >= 4 is 15.9 Å². The van der Waals surface area contributed by atoms with Crippen LogP contribution in [0.3, 0.4) is 0 Å². The van der Waals surface area contributed by atoms with Crippen LogP contribution in [-0.2, 0) is 0 Å². The molecule has 0 aliphatic heterocycles. The highest BCUT2D eigenvalue weighted by Crippen LogP contribution is 2.45. The Kier molecular flexibility index (Phi) is 5.89. The number of hydrogen-bond donors (Lipinski definition) is 1. The van der Waals surface area contributed by atoms with Gasteiger partial charge in [0.1, 0.15) is 0 Å². The van der Waals surface area contributed by atoms with E-state index in [-0.39, 0.29) is 0 Å². The Bertz CT molecular complexity index is 453. The first-order chi connectivity index (χ1) is 9.95. The SMILES string of the molecule is CNCC1CCC(C(C)C)CC1c1c(Br)cnn1C(C)C. The molecule has 1 aliphatic rings. The fraction of sp³-hybridized carbons (Fsp3) is 0.824. The quantitative estimate of drug-likeness (QED) is 0.836. The van der Waals surface area contributed by atoms with Crippen LogP contribution in [0.4, 0.5) is 0 Å². The van der Waals surface area contributed by atoms with Crippen LogP contribution < -0.4 is 5.32 Å². The van der Waals surface area contributed by atoms with Gasteiger partial charge in [-0.05, 0) is 80.4 Å². The van der Waals surface area contributed by atoms with Crippen molar-refractivity contribution in [2.24, 2.45) is 17.8 Å². The smallest absolute Gasteiger partial charge is 0.0635 e. The van der Waals surface area contributed by atoms with Gasteiger partial charge >= 0.3 is 0 Å². The molecule has 1 aromatic heterocycles. The molecule has 2 rings (SSSR count). The molecule has 1 aliphatic carbocycles. The summed E-state index contributed by atoms with van der Waals surface area (Å²) in [7, 11) is 2.07. The van der Waals surface area contributed by atoms with Crippen LogP contribution in [0.15, 0.2) is 10.7 Å². The molecule has 1 N–H and O–H groups in total. The number of nitrogens with zero attached hydrogens (tertiary/aromatic N) is 2. The van der Waals surface area contributed by atoms with Crippen molar-refractivity contribution in [2.75, 3.05) is 13.6 Å². The first-order valence-corrected chi connectivity index (χ1v) is 9.12. The van der Waals surface area contributed by atoms with Crippen molar-refractivity contribution in [2.45, 2.75) is 58.9 Å². The van der Waals surface area contributed by atoms with Gasteiger partial charge in [0.2, 0.25) is 0 Å². The lowest BCUT2D eigenvalue weighted by Crippen LogP contribution is -2.33. The van der Waals surface area contributed by atoms with Gasteiger partial charge in [0.05, 0.1) is 16.4 Å². The second-order valence-corrected chi connectivity index (χ2v) is 8.01. The minimum atomic E-state index is 0.418. The summed E-state index contributed by atoms with van der Waals surface area (Å²) in [6, 6.07) is 0.418. The Morgan fingerprint density at radius 2 is 2.05 bits per heavy atom. The largest absolute Gasteiger partial charge is 0.319 e. The molecule has 0 aromatic carbocycles. The molecule has 1 heterocycles. The number of halogens is 1. The molecule has 4 heteroatoms. The fourth-order valence-electron chi connectivity index (χ4n) is 3.82. The summed E-state index contributed by atoms with van der Waals surface area (Å²) in [5.74, 6) is 2.94. The number of nitrogens with one attached hydrogen (secondary N) is 1. The summed E-state index contributed by atoms with van der Waals surface area (Å²) in [5.41, 5.74) is 1.41. The lowest BCUT2D eigenvalue weighted by Gasteiger charge is -2.38. The normalized spacial score (nSPS) is 26.8. The minimum absolute atomic E-state index is 0.418. The molecule has 1 fully saturated rings. The van der Waals surface area contributed by atoms with E-state index in [0.29, 0.717) is 12.0 Å². The van der Waals surface area contributed by atoms with Gasteiger partial charge in [-0.1, -0.05) is 13.8 Å². The fourth-order valence-corrected chi connectivity index (χ4v) is 4.39. The minimum Gasteiger partial charge on any atom is -0.319 e. The van der Waals surface area contributed by atoms with Crippen LogP contribution in [0, 0.1) is 17.8 Å². The molecule has 0 amide bonds. The Labute approximate surface area is 138 Å². The molecule has 3 nitrogen and oxygen atoms in total. The van der Waals surface area contributed by atoms with Crippen molar-refractivity contribution in [3.63, 3.8) is 0 Å². The van der Waals surface area contributed by atoms with E-state index in [9.17, 15) is 0 Å². The van der Waals surface area contributed by atoms with Gasteiger partial charge in [0, 0.05) is 12.0 Å². The summed E-state index contributed by atoms with van der Waals surface area (Å²) >= 11 is 3.75. The Balaban J connectivity index is 2.33. The van der Waals surface area contributed by atoms with Crippen LogP contribution in [0.1, 0.15) is 64.6 Å². The zero-order valence-electron chi connectivity index (χ0n) is 14.1. The van der Waals surface area contributed by atoms with E-state index >= 15 is 0 Å². The Morgan fingerprint density at radius 1 is 1.33 bits per heavy atom. The van der Waals surface area contributed by atoms with Gasteiger partial charge in [-0.2, -0.15) is 5.10 Å². The number of rotatable bonds is 5. The number of aromatic nitrogens is 2. The standard InChI is InChI=1S/C17H30BrN3/c1-11(2)13-6-7-14(9-19-5)15(8-13)17-16(18)10-20-21(17)12(3)4/h10-15,19H,6-9H2,1-5H3. The third kappa shape index (κ3) is 3.70. The molecule has 3 atom stereocenters. The van der Waals surface area contributed by atoms with Crippen molar-refractivity contribution in [3.05, 3.63) is 16.4 Å². The Hall–Kier alpha value is -0.350. The maximum absolute atomic E-state index is 4.60. The lowest BCUT2D eigenvalue weighted by molar-refractivity contribution is 0.184. The van der Waals surface area contributed by atoms with Gasteiger partial charge in [-0.15, -0.1) is 0 Å². The maximum atomic E-state index is 4.60. The molecule has 0 spiro atoms. The van der Waals surface area contributed by atoms with Gasteiger partial charge in [0.25, 0.3) is 0 Å². The molecule has 0 saturated heterocycles. The molecule has 1 aromatic rings. The van der Waals surface area contributed by atoms with E-state index in [0.717, 1.165) is 24.3 Å². The second-order valence-electron chi connectivity index (χ2n) is 7.16. The summed E-state index contributed by atoms with van der Waals surface area (Å²) in [4.78, 5) is 0. The van der Waals surface area contributed by atoms with Crippen LogP contribution in [-0.4, -0.2) is 23.4 Å². The van der Waals surface area contributed by atoms with E-state index in [1.54, 1.807) is 0 Å². The van der Waals surface area contributed by atoms with E-state index < -0.39 is 0 Å². The van der Waals surface area contributed by atoms with Gasteiger partial charge < -0.3 is 5.32 Å². The zero-order chi connectivity index (χ0) is 15.6. The molecular formula is C17H30BrN3. The molecule has 0 radical (unpaired) electrons. The maximum Gasteiger partial charge on any atom is 0.0635 e. The predicted octanol–water partition coefficient (Wildman–Crippen LogP) is 4.60. The summed E-state index contributed by atoms with van der Waals surface area (Å²) in [6.45, 7) is 10.3. The highest BCUT2D eigenvalue weighted by molar-refractivity contribution is 9.10. The number of hydrogen-bond acceptors (Lipinski definition) is 2. The average molecular weight is 356 g/mol. The third-order valence-corrected chi connectivity index (χ3v) is 5.68. The summed E-state index contributed by atoms with van der Waals surface area (Å²) in [6.07, 6.45) is 5.96. The summed E-state index contributed by atoms with van der Waals surface area (Å²) in [5, 5.41) is 8.00. The van der Waals surface area contributed by atoms with Crippen molar-refractivity contribution in [1.29, 1.82) is 0 Å². The van der Waals surface area contributed by atoms with Crippen molar-refractivity contribution < 1.29 is 0 Å². The highest BCUT2D eigenvalue weighted by atomic mass is 79.9. The lowest BCUT2D eigenvalue weighted by atomic mass is 9.69. The van der Waals surface area contributed by atoms with E-state index in [1.165, 1.54) is 29.4 Å². The molecule has 120 valence electrons. The van der Waals surface area contributed by atoms with Crippen LogP contribution in [0.5, 0.6) is 0 Å². The molecule has 0 bridgehead atoms. The van der Waals surface area contributed by atoms with Crippen molar-refractivity contribution in [3.8, 4) is 0 Å². The first-order valence-electron chi connectivity index (χ1n) is 8.33. The van der Waals surface area contributed by atoms with Gasteiger partial charge in [0.15, 0.2) is 0 Å². The second kappa shape index (κ2) is 7.28. The zero-order valence-corrected chi connectivity index (χ0v) is 15.7. The molecule has 21 heavy (non-hydrogen) atoms. The molecule has 3 unspecified atom stereocenters. The average Bonchev–Trinajstić information content (AvgIpc) is 2.81. The highest BCUT2D eigenvalue weighted by Gasteiger charge is 2.35.